The lowest BCUT2D eigenvalue weighted by Gasteiger charge is -2.42. The van der Waals surface area contributed by atoms with Crippen molar-refractivity contribution in [2.75, 3.05) is 19.0 Å². The molecule has 2 fully saturated rings. The molecule has 0 amide bonds. The van der Waals surface area contributed by atoms with Crippen LogP contribution in [0.25, 0.3) is 0 Å². The van der Waals surface area contributed by atoms with Crippen LogP contribution in [0.1, 0.15) is 39.0 Å². The molecule has 106 valence electrons. The van der Waals surface area contributed by atoms with Crippen molar-refractivity contribution in [2.45, 2.75) is 44.0 Å². The number of ether oxygens (including phenoxy) is 2. The number of carbonyl (C=O) groups excluding carboxylic acids is 1. The lowest BCUT2D eigenvalue weighted by atomic mass is 9.72. The van der Waals surface area contributed by atoms with Crippen LogP contribution in [0.5, 0.6) is 0 Å². The first kappa shape index (κ1) is 13.5. The van der Waals surface area contributed by atoms with E-state index in [4.69, 9.17) is 9.47 Å². The van der Waals surface area contributed by atoms with Crippen LogP contribution in [0.4, 0.5) is 0 Å². The number of esters is 1. The Morgan fingerprint density at radius 2 is 2.53 bits per heavy atom. The van der Waals surface area contributed by atoms with Crippen LogP contribution in [-0.4, -0.2) is 29.9 Å². The third kappa shape index (κ3) is 2.45. The topological polar surface area (TPSA) is 35.5 Å². The smallest absolute Gasteiger partial charge is 0.309 e. The molecule has 1 saturated carbocycles. The molecule has 0 bridgehead atoms. The van der Waals surface area contributed by atoms with E-state index in [1.54, 1.807) is 0 Å². The van der Waals surface area contributed by atoms with E-state index in [0.717, 1.165) is 31.6 Å². The Hall–Kier alpha value is -0.480. The second-order valence-electron chi connectivity index (χ2n) is 5.62. The molecule has 3 rings (SSSR count). The molecule has 2 aliphatic carbocycles. The van der Waals surface area contributed by atoms with Crippen molar-refractivity contribution in [2.24, 2.45) is 11.8 Å². The van der Waals surface area contributed by atoms with Gasteiger partial charge in [0.05, 0.1) is 19.1 Å². The van der Waals surface area contributed by atoms with E-state index in [1.807, 2.05) is 18.7 Å². The van der Waals surface area contributed by atoms with E-state index in [9.17, 15) is 4.79 Å². The van der Waals surface area contributed by atoms with E-state index >= 15 is 0 Å². The van der Waals surface area contributed by atoms with Gasteiger partial charge in [0.25, 0.3) is 0 Å². The van der Waals surface area contributed by atoms with Gasteiger partial charge in [0, 0.05) is 5.75 Å². The van der Waals surface area contributed by atoms with Gasteiger partial charge in [-0.05, 0) is 50.5 Å². The predicted molar refractivity (Wildman–Crippen MR) is 75.9 cm³/mol. The van der Waals surface area contributed by atoms with Crippen LogP contribution in [-0.2, 0) is 14.3 Å². The van der Waals surface area contributed by atoms with Crippen LogP contribution in [0.2, 0.25) is 0 Å². The van der Waals surface area contributed by atoms with Gasteiger partial charge in [0.2, 0.25) is 0 Å². The van der Waals surface area contributed by atoms with Gasteiger partial charge in [0.15, 0.2) is 0 Å². The maximum atomic E-state index is 11.9. The molecule has 0 unspecified atom stereocenters. The van der Waals surface area contributed by atoms with E-state index in [2.05, 4.69) is 6.08 Å². The summed E-state index contributed by atoms with van der Waals surface area (Å²) < 4.78 is 11.2. The molecule has 0 aromatic rings. The van der Waals surface area contributed by atoms with E-state index in [-0.39, 0.29) is 16.8 Å². The highest BCUT2D eigenvalue weighted by Crippen LogP contribution is 2.53. The fraction of sp³-hybridized carbons (Fsp3) is 0.800. The molecule has 3 atom stereocenters. The largest absolute Gasteiger partial charge is 0.466 e. The Labute approximate surface area is 119 Å². The van der Waals surface area contributed by atoms with Gasteiger partial charge in [-0.25, -0.2) is 0 Å². The molecule has 1 spiro atoms. The van der Waals surface area contributed by atoms with E-state index in [1.165, 1.54) is 18.4 Å². The Balaban J connectivity index is 1.76. The monoisotopic (exact) mass is 282 g/mol. The molecule has 0 N–H and O–H groups in total. The zero-order valence-corrected chi connectivity index (χ0v) is 12.3. The van der Waals surface area contributed by atoms with Gasteiger partial charge in [-0.1, -0.05) is 6.08 Å². The minimum Gasteiger partial charge on any atom is -0.466 e. The standard InChI is InChI=1S/C15H22O3S/c1-2-17-14(16)12-5-6-13-11(10-12)4-3-7-15(13)18-8-9-19-15/h6,11-12H,2-5,7-10H2,1H3/t11-,12-,15+/m0/s1. The molecule has 1 saturated heterocycles. The van der Waals surface area contributed by atoms with E-state index in [0.29, 0.717) is 12.5 Å². The molecule has 0 aromatic heterocycles. The number of carbonyl (C=O) groups is 1. The fourth-order valence-corrected chi connectivity index (χ4v) is 5.05. The average molecular weight is 282 g/mol. The summed E-state index contributed by atoms with van der Waals surface area (Å²) >= 11 is 1.96. The number of hydrogen-bond donors (Lipinski definition) is 0. The summed E-state index contributed by atoms with van der Waals surface area (Å²) in [5, 5.41) is 0. The van der Waals surface area contributed by atoms with Crippen molar-refractivity contribution in [3.05, 3.63) is 11.6 Å². The third-order valence-corrected chi connectivity index (χ3v) is 5.90. The second-order valence-corrected chi connectivity index (χ2v) is 6.98. The normalized spacial score (nSPS) is 37.8. The van der Waals surface area contributed by atoms with Gasteiger partial charge < -0.3 is 9.47 Å². The summed E-state index contributed by atoms with van der Waals surface area (Å²) in [5.41, 5.74) is 1.47. The molecule has 3 nitrogen and oxygen atoms in total. The lowest BCUT2D eigenvalue weighted by molar-refractivity contribution is -0.148. The molecule has 4 heteroatoms. The molecular formula is C15H22O3S. The maximum absolute atomic E-state index is 11.9. The van der Waals surface area contributed by atoms with Crippen LogP contribution in [0, 0.1) is 11.8 Å². The summed E-state index contributed by atoms with van der Waals surface area (Å²) in [4.78, 5) is 11.9. The van der Waals surface area contributed by atoms with Gasteiger partial charge in [-0.15, -0.1) is 11.8 Å². The summed E-state index contributed by atoms with van der Waals surface area (Å²) in [5.74, 6) is 1.68. The number of hydrogen-bond acceptors (Lipinski definition) is 4. The molecule has 0 radical (unpaired) electrons. The number of rotatable bonds is 2. The van der Waals surface area contributed by atoms with Gasteiger partial charge in [-0.3, -0.25) is 4.79 Å². The molecule has 0 aromatic carbocycles. The van der Waals surface area contributed by atoms with Crippen molar-refractivity contribution in [1.82, 2.24) is 0 Å². The Morgan fingerprint density at radius 3 is 3.26 bits per heavy atom. The third-order valence-electron chi connectivity index (χ3n) is 4.50. The molecule has 1 heterocycles. The summed E-state index contributed by atoms with van der Waals surface area (Å²) in [6.45, 7) is 3.23. The SMILES string of the molecule is CCOC(=O)[C@H]1CC=C2[C@@H](CCC[C@]23OCCS3)C1. The van der Waals surface area contributed by atoms with Crippen LogP contribution in [0.3, 0.4) is 0 Å². The first-order valence-corrected chi connectivity index (χ1v) is 8.39. The van der Waals surface area contributed by atoms with Crippen molar-refractivity contribution in [1.29, 1.82) is 0 Å². The second kappa shape index (κ2) is 5.49. The first-order valence-electron chi connectivity index (χ1n) is 7.40. The van der Waals surface area contributed by atoms with Crippen molar-refractivity contribution in [3.63, 3.8) is 0 Å². The molecular weight excluding hydrogens is 260 g/mol. The highest BCUT2D eigenvalue weighted by molar-refractivity contribution is 8.00. The van der Waals surface area contributed by atoms with Gasteiger partial charge >= 0.3 is 5.97 Å². The number of thioether (sulfide) groups is 1. The van der Waals surface area contributed by atoms with Crippen LogP contribution in [0.15, 0.2) is 11.6 Å². The average Bonchev–Trinajstić information content (AvgIpc) is 2.88. The Bertz CT molecular complexity index is 385. The Kier molecular flexibility index (Phi) is 3.90. The van der Waals surface area contributed by atoms with Crippen LogP contribution >= 0.6 is 11.8 Å². The van der Waals surface area contributed by atoms with Crippen molar-refractivity contribution < 1.29 is 14.3 Å². The molecule has 3 aliphatic rings. The highest BCUT2D eigenvalue weighted by atomic mass is 32.2. The van der Waals surface area contributed by atoms with Crippen LogP contribution < -0.4 is 0 Å². The summed E-state index contributed by atoms with van der Waals surface area (Å²) in [6, 6.07) is 0. The first-order chi connectivity index (χ1) is 9.25. The van der Waals surface area contributed by atoms with Crippen molar-refractivity contribution >= 4 is 17.7 Å². The zero-order chi connectivity index (χ0) is 13.3. The number of allylic oxidation sites excluding steroid dienone is 1. The fourth-order valence-electron chi connectivity index (χ4n) is 3.69. The van der Waals surface area contributed by atoms with Crippen molar-refractivity contribution in [3.8, 4) is 0 Å². The van der Waals surface area contributed by atoms with Gasteiger partial charge in [-0.2, -0.15) is 0 Å². The summed E-state index contributed by atoms with van der Waals surface area (Å²) in [7, 11) is 0. The highest BCUT2D eigenvalue weighted by Gasteiger charge is 2.47. The predicted octanol–water partition coefficient (Wildman–Crippen LogP) is 3.15. The minimum atomic E-state index is -0.0391. The summed E-state index contributed by atoms with van der Waals surface area (Å²) in [6.07, 6.45) is 7.63. The van der Waals surface area contributed by atoms with E-state index < -0.39 is 0 Å². The molecule has 1 aliphatic heterocycles. The van der Waals surface area contributed by atoms with Gasteiger partial charge in [0.1, 0.15) is 4.93 Å². The molecule has 19 heavy (non-hydrogen) atoms. The minimum absolute atomic E-state index is 0.0163. The lowest BCUT2D eigenvalue weighted by Crippen LogP contribution is -2.38. The number of fused-ring (bicyclic) bond motifs is 2. The quantitative estimate of drug-likeness (QED) is 0.576. The Morgan fingerprint density at radius 1 is 1.63 bits per heavy atom. The maximum Gasteiger partial charge on any atom is 0.309 e. The zero-order valence-electron chi connectivity index (χ0n) is 11.5.